The van der Waals surface area contributed by atoms with E-state index in [0.717, 1.165) is 42.0 Å². The number of benzene rings is 2. The van der Waals surface area contributed by atoms with E-state index in [4.69, 9.17) is 9.15 Å². The maximum atomic E-state index is 13.3. The maximum absolute atomic E-state index is 13.3. The molecule has 0 saturated carbocycles. The van der Waals surface area contributed by atoms with Crippen molar-refractivity contribution in [1.29, 1.82) is 0 Å². The highest BCUT2D eigenvalue weighted by Gasteiger charge is 2.23. The molecule has 5 heteroatoms. The first-order valence-electron chi connectivity index (χ1n) is 10.8. The predicted molar refractivity (Wildman–Crippen MR) is 130 cm³/mol. The third-order valence-electron chi connectivity index (χ3n) is 4.91. The molecule has 0 amide bonds. The van der Waals surface area contributed by atoms with Crippen LogP contribution in [-0.4, -0.2) is 25.5 Å². The van der Waals surface area contributed by atoms with Crippen molar-refractivity contribution in [2.45, 2.75) is 47.0 Å². The van der Waals surface area contributed by atoms with Gasteiger partial charge in [-0.1, -0.05) is 52.8 Å². The van der Waals surface area contributed by atoms with Crippen molar-refractivity contribution in [3.63, 3.8) is 0 Å². The van der Waals surface area contributed by atoms with Crippen LogP contribution < -0.4 is 10.1 Å². The van der Waals surface area contributed by atoms with Gasteiger partial charge in [0.15, 0.2) is 5.78 Å². The Bertz CT molecular complexity index is 984. The number of hydrogen-bond donors (Lipinski definition) is 1. The second-order valence-electron chi connectivity index (χ2n) is 9.29. The molecule has 168 valence electrons. The molecule has 0 unspecified atom stereocenters. The molecule has 31 heavy (non-hydrogen) atoms. The van der Waals surface area contributed by atoms with Crippen molar-refractivity contribution in [3.8, 4) is 5.75 Å². The Morgan fingerprint density at radius 1 is 1.06 bits per heavy atom. The SMILES string of the molecule is CC(C)c1oc2ccccc2c1C(=O)c1ccc(OCCCNCC(C)(C)C)cc1.Cl. The van der Waals surface area contributed by atoms with Crippen molar-refractivity contribution in [2.75, 3.05) is 19.7 Å². The number of para-hydroxylation sites is 1. The van der Waals surface area contributed by atoms with E-state index in [2.05, 4.69) is 26.1 Å². The van der Waals surface area contributed by atoms with Crippen molar-refractivity contribution >= 4 is 29.2 Å². The summed E-state index contributed by atoms with van der Waals surface area (Å²) in [6.07, 6.45) is 0.940. The van der Waals surface area contributed by atoms with Crippen LogP contribution in [0.1, 0.15) is 68.6 Å². The van der Waals surface area contributed by atoms with Crippen LogP contribution in [0.25, 0.3) is 11.0 Å². The molecule has 0 fully saturated rings. The highest BCUT2D eigenvalue weighted by atomic mass is 35.5. The number of carbonyl (C=O) groups excluding carboxylic acids is 1. The zero-order valence-corrected chi connectivity index (χ0v) is 20.0. The average Bonchev–Trinajstić information content (AvgIpc) is 3.10. The smallest absolute Gasteiger partial charge is 0.197 e. The summed E-state index contributed by atoms with van der Waals surface area (Å²) in [5, 5.41) is 4.32. The van der Waals surface area contributed by atoms with Crippen molar-refractivity contribution in [3.05, 3.63) is 65.4 Å². The lowest BCUT2D eigenvalue weighted by Gasteiger charge is -2.18. The summed E-state index contributed by atoms with van der Waals surface area (Å²) in [6, 6.07) is 15.1. The van der Waals surface area contributed by atoms with E-state index in [1.165, 1.54) is 0 Å². The van der Waals surface area contributed by atoms with Gasteiger partial charge in [0.2, 0.25) is 0 Å². The molecular weight excluding hydrogens is 410 g/mol. The van der Waals surface area contributed by atoms with E-state index in [9.17, 15) is 4.79 Å². The summed E-state index contributed by atoms with van der Waals surface area (Å²) in [5.41, 5.74) is 2.35. The standard InChI is InChI=1S/C26H33NO3.ClH/c1-18(2)25-23(21-9-6-7-10-22(21)30-25)24(28)19-11-13-20(14-12-19)29-16-8-15-27-17-26(3,4)5;/h6-7,9-14,18,27H,8,15-17H2,1-5H3;1H. The van der Waals surface area contributed by atoms with Gasteiger partial charge in [-0.25, -0.2) is 0 Å². The highest BCUT2D eigenvalue weighted by molar-refractivity contribution is 6.17. The monoisotopic (exact) mass is 443 g/mol. The topological polar surface area (TPSA) is 51.5 Å². The van der Waals surface area contributed by atoms with Gasteiger partial charge in [-0.3, -0.25) is 4.79 Å². The quantitative estimate of drug-likeness (QED) is 0.298. The van der Waals surface area contributed by atoms with Gasteiger partial charge in [0.05, 0.1) is 12.2 Å². The van der Waals surface area contributed by atoms with Crippen LogP contribution in [0.5, 0.6) is 5.75 Å². The van der Waals surface area contributed by atoms with E-state index in [0.29, 0.717) is 23.1 Å². The van der Waals surface area contributed by atoms with Gasteiger partial charge in [0, 0.05) is 16.9 Å². The second-order valence-corrected chi connectivity index (χ2v) is 9.29. The first kappa shape index (κ1) is 25.0. The minimum atomic E-state index is -0.0124. The Kier molecular flexibility index (Phi) is 8.72. The van der Waals surface area contributed by atoms with Crippen molar-refractivity contribution < 1.29 is 13.9 Å². The molecule has 0 saturated heterocycles. The first-order valence-corrected chi connectivity index (χ1v) is 10.8. The highest BCUT2D eigenvalue weighted by Crippen LogP contribution is 2.32. The van der Waals surface area contributed by atoms with E-state index in [-0.39, 0.29) is 24.1 Å². The number of nitrogens with one attached hydrogen (secondary N) is 1. The molecule has 0 aliphatic rings. The molecule has 1 aromatic heterocycles. The molecule has 0 bridgehead atoms. The number of hydrogen-bond acceptors (Lipinski definition) is 4. The largest absolute Gasteiger partial charge is 0.494 e. The van der Waals surface area contributed by atoms with E-state index in [1.54, 1.807) is 0 Å². The lowest BCUT2D eigenvalue weighted by molar-refractivity contribution is 0.103. The third-order valence-corrected chi connectivity index (χ3v) is 4.91. The number of furan rings is 1. The van der Waals surface area contributed by atoms with Crippen LogP contribution in [0.4, 0.5) is 0 Å². The van der Waals surface area contributed by atoms with Crippen molar-refractivity contribution in [2.24, 2.45) is 5.41 Å². The van der Waals surface area contributed by atoms with E-state index in [1.807, 2.05) is 62.4 Å². The lowest BCUT2D eigenvalue weighted by atomic mass is 9.96. The van der Waals surface area contributed by atoms with Crippen molar-refractivity contribution in [1.82, 2.24) is 5.32 Å². The zero-order chi connectivity index (χ0) is 21.7. The molecule has 1 N–H and O–H groups in total. The molecule has 0 atom stereocenters. The normalized spacial score (nSPS) is 11.5. The maximum Gasteiger partial charge on any atom is 0.197 e. The third kappa shape index (κ3) is 6.59. The molecule has 0 aliphatic heterocycles. The fourth-order valence-electron chi connectivity index (χ4n) is 3.40. The summed E-state index contributed by atoms with van der Waals surface area (Å²) in [7, 11) is 0. The fourth-order valence-corrected chi connectivity index (χ4v) is 3.40. The minimum absolute atomic E-state index is 0. The van der Waals surface area contributed by atoms with Gasteiger partial charge in [0.25, 0.3) is 0 Å². The molecule has 1 heterocycles. The lowest BCUT2D eigenvalue weighted by Crippen LogP contribution is -2.28. The number of fused-ring (bicyclic) bond motifs is 1. The molecule has 0 aliphatic carbocycles. The Labute approximate surface area is 191 Å². The van der Waals surface area contributed by atoms with Crippen LogP contribution in [0.2, 0.25) is 0 Å². The van der Waals surface area contributed by atoms with Gasteiger partial charge >= 0.3 is 0 Å². The number of ether oxygens (including phenoxy) is 1. The fraction of sp³-hybridized carbons (Fsp3) is 0.423. The average molecular weight is 444 g/mol. The summed E-state index contributed by atoms with van der Waals surface area (Å²) in [5.74, 6) is 1.64. The van der Waals surface area contributed by atoms with E-state index < -0.39 is 0 Å². The Morgan fingerprint density at radius 3 is 2.39 bits per heavy atom. The summed E-state index contributed by atoms with van der Waals surface area (Å²) in [4.78, 5) is 13.3. The van der Waals surface area contributed by atoms with Crippen LogP contribution in [0.15, 0.2) is 52.9 Å². The van der Waals surface area contributed by atoms with Gasteiger partial charge in [0.1, 0.15) is 17.1 Å². The van der Waals surface area contributed by atoms with Gasteiger partial charge in [-0.2, -0.15) is 0 Å². The Balaban J connectivity index is 0.00000341. The number of ketones is 1. The minimum Gasteiger partial charge on any atom is -0.494 e. The Hall–Kier alpha value is -2.30. The first-order chi connectivity index (χ1) is 14.3. The zero-order valence-electron chi connectivity index (χ0n) is 19.2. The van der Waals surface area contributed by atoms with Crippen LogP contribution >= 0.6 is 12.4 Å². The molecular formula is C26H34ClNO3. The number of carbonyl (C=O) groups is 1. The molecule has 2 aromatic carbocycles. The molecule has 3 aromatic rings. The summed E-state index contributed by atoms with van der Waals surface area (Å²) in [6.45, 7) is 13.3. The van der Waals surface area contributed by atoms with Gasteiger partial charge < -0.3 is 14.5 Å². The summed E-state index contributed by atoms with van der Waals surface area (Å²) >= 11 is 0. The molecule has 0 spiro atoms. The number of rotatable bonds is 9. The van der Waals surface area contributed by atoms with Crippen LogP contribution in [-0.2, 0) is 0 Å². The molecule has 3 rings (SSSR count). The number of halogens is 1. The Morgan fingerprint density at radius 2 is 1.74 bits per heavy atom. The molecule has 4 nitrogen and oxygen atoms in total. The predicted octanol–water partition coefficient (Wildman–Crippen LogP) is 6.61. The summed E-state index contributed by atoms with van der Waals surface area (Å²) < 4.78 is 11.8. The van der Waals surface area contributed by atoms with Gasteiger partial charge in [-0.05, 0) is 55.3 Å². The van der Waals surface area contributed by atoms with Gasteiger partial charge in [-0.15, -0.1) is 12.4 Å². The second kappa shape index (κ2) is 10.8. The van der Waals surface area contributed by atoms with Crippen LogP contribution in [0, 0.1) is 5.41 Å². The molecule has 0 radical (unpaired) electrons. The van der Waals surface area contributed by atoms with Crippen LogP contribution in [0.3, 0.4) is 0 Å². The van der Waals surface area contributed by atoms with E-state index >= 15 is 0 Å².